The van der Waals surface area contributed by atoms with Gasteiger partial charge in [-0.2, -0.15) is 0 Å². The minimum Gasteiger partial charge on any atom is -0.325 e. The van der Waals surface area contributed by atoms with Crippen LogP contribution in [0.15, 0.2) is 0 Å². The van der Waals surface area contributed by atoms with Crippen molar-refractivity contribution in [1.29, 1.82) is 0 Å². The quantitative estimate of drug-likeness (QED) is 0.565. The van der Waals surface area contributed by atoms with E-state index in [4.69, 9.17) is 5.73 Å². The molecule has 1 aliphatic rings. The lowest BCUT2D eigenvalue weighted by Crippen LogP contribution is -2.49. The SMILES string of the molecule is CONC(=O)CC1(N)CCC1. The number of hydrogen-bond donors (Lipinski definition) is 2. The largest absolute Gasteiger partial charge is 0.325 e. The number of rotatable bonds is 3. The number of nitrogens with one attached hydrogen (secondary N) is 1. The minimum absolute atomic E-state index is 0.130. The zero-order valence-corrected chi connectivity index (χ0v) is 6.72. The van der Waals surface area contributed by atoms with Crippen LogP contribution in [0, 0.1) is 0 Å². The lowest BCUT2D eigenvalue weighted by molar-refractivity contribution is -0.133. The first kappa shape index (κ1) is 8.49. The van der Waals surface area contributed by atoms with Crippen molar-refractivity contribution in [3.63, 3.8) is 0 Å². The van der Waals surface area contributed by atoms with Gasteiger partial charge in [-0.15, -0.1) is 0 Å². The molecule has 11 heavy (non-hydrogen) atoms. The third kappa shape index (κ3) is 2.17. The molecule has 0 saturated heterocycles. The summed E-state index contributed by atoms with van der Waals surface area (Å²) < 4.78 is 0. The average Bonchev–Trinajstić information content (AvgIpc) is 1.85. The Hall–Kier alpha value is -0.610. The van der Waals surface area contributed by atoms with E-state index in [0.29, 0.717) is 6.42 Å². The van der Waals surface area contributed by atoms with Gasteiger partial charge in [-0.3, -0.25) is 9.63 Å². The lowest BCUT2D eigenvalue weighted by atomic mass is 9.75. The number of carbonyl (C=O) groups excluding carboxylic acids is 1. The van der Waals surface area contributed by atoms with E-state index in [0.717, 1.165) is 19.3 Å². The molecule has 64 valence electrons. The number of nitrogens with two attached hydrogens (primary N) is 1. The Balaban J connectivity index is 2.23. The van der Waals surface area contributed by atoms with Gasteiger partial charge in [0.2, 0.25) is 5.91 Å². The molecule has 4 heteroatoms. The molecule has 0 bridgehead atoms. The summed E-state index contributed by atoms with van der Waals surface area (Å²) in [4.78, 5) is 15.4. The molecule has 0 unspecified atom stereocenters. The zero-order valence-electron chi connectivity index (χ0n) is 6.72. The molecule has 0 atom stereocenters. The summed E-state index contributed by atoms with van der Waals surface area (Å²) in [5, 5.41) is 0. The van der Waals surface area contributed by atoms with Crippen LogP contribution < -0.4 is 11.2 Å². The van der Waals surface area contributed by atoms with Gasteiger partial charge in [0.25, 0.3) is 0 Å². The van der Waals surface area contributed by atoms with E-state index < -0.39 is 0 Å². The maximum atomic E-state index is 10.9. The second-order valence-corrected chi connectivity index (χ2v) is 3.12. The molecule has 0 spiro atoms. The maximum Gasteiger partial charge on any atom is 0.245 e. The first-order chi connectivity index (χ1) is 5.16. The van der Waals surface area contributed by atoms with Crippen molar-refractivity contribution >= 4 is 5.91 Å². The van der Waals surface area contributed by atoms with Crippen molar-refractivity contribution in [2.75, 3.05) is 7.11 Å². The fourth-order valence-electron chi connectivity index (χ4n) is 1.28. The van der Waals surface area contributed by atoms with Gasteiger partial charge < -0.3 is 5.73 Å². The highest BCUT2D eigenvalue weighted by molar-refractivity contribution is 5.76. The molecule has 1 rings (SSSR count). The van der Waals surface area contributed by atoms with Gasteiger partial charge in [0.05, 0.1) is 7.11 Å². The third-order valence-corrected chi connectivity index (χ3v) is 2.08. The molecule has 0 aromatic rings. The van der Waals surface area contributed by atoms with Gasteiger partial charge in [-0.1, -0.05) is 0 Å². The molecule has 1 aliphatic carbocycles. The number of amides is 1. The van der Waals surface area contributed by atoms with Gasteiger partial charge >= 0.3 is 0 Å². The monoisotopic (exact) mass is 158 g/mol. The predicted octanol–water partition coefficient (Wildman–Crippen LogP) is -0.0645. The summed E-state index contributed by atoms with van der Waals surface area (Å²) in [6.07, 6.45) is 3.41. The summed E-state index contributed by atoms with van der Waals surface area (Å²) in [6.45, 7) is 0. The molecule has 0 aromatic carbocycles. The Morgan fingerprint density at radius 1 is 1.73 bits per heavy atom. The molecule has 0 heterocycles. The summed E-state index contributed by atoms with van der Waals surface area (Å²) in [5.74, 6) is -0.130. The normalized spacial score (nSPS) is 20.5. The fourth-order valence-corrected chi connectivity index (χ4v) is 1.28. The molecule has 0 aromatic heterocycles. The molecular weight excluding hydrogens is 144 g/mol. The van der Waals surface area contributed by atoms with Crippen LogP contribution in [0.5, 0.6) is 0 Å². The van der Waals surface area contributed by atoms with Crippen LogP contribution in [-0.4, -0.2) is 18.6 Å². The van der Waals surface area contributed by atoms with Gasteiger partial charge in [-0.05, 0) is 19.3 Å². The van der Waals surface area contributed by atoms with Crippen LogP contribution in [0.1, 0.15) is 25.7 Å². The van der Waals surface area contributed by atoms with Gasteiger partial charge in [0.15, 0.2) is 0 Å². The summed E-state index contributed by atoms with van der Waals surface area (Å²) >= 11 is 0. The van der Waals surface area contributed by atoms with Crippen molar-refractivity contribution < 1.29 is 9.63 Å². The second kappa shape index (κ2) is 3.19. The van der Waals surface area contributed by atoms with Crippen LogP contribution in [0.2, 0.25) is 0 Å². The zero-order chi connectivity index (χ0) is 8.32. The van der Waals surface area contributed by atoms with Crippen molar-refractivity contribution in [2.45, 2.75) is 31.2 Å². The fraction of sp³-hybridized carbons (Fsp3) is 0.857. The van der Waals surface area contributed by atoms with Crippen LogP contribution in [0.4, 0.5) is 0 Å². The molecule has 1 saturated carbocycles. The highest BCUT2D eigenvalue weighted by Gasteiger charge is 2.34. The van der Waals surface area contributed by atoms with E-state index in [1.807, 2.05) is 0 Å². The van der Waals surface area contributed by atoms with Crippen LogP contribution in [0.25, 0.3) is 0 Å². The first-order valence-electron chi connectivity index (χ1n) is 3.77. The standard InChI is InChI=1S/C7H14N2O2/c1-11-9-6(10)5-7(8)3-2-4-7/h2-5,8H2,1H3,(H,9,10). The van der Waals surface area contributed by atoms with E-state index in [1.54, 1.807) is 0 Å². The van der Waals surface area contributed by atoms with Gasteiger partial charge in [0, 0.05) is 12.0 Å². The van der Waals surface area contributed by atoms with Gasteiger partial charge in [0.1, 0.15) is 0 Å². The highest BCUT2D eigenvalue weighted by Crippen LogP contribution is 2.31. The Bertz CT molecular complexity index is 155. The molecule has 4 nitrogen and oxygen atoms in total. The van der Waals surface area contributed by atoms with E-state index >= 15 is 0 Å². The third-order valence-electron chi connectivity index (χ3n) is 2.08. The topological polar surface area (TPSA) is 64.3 Å². The summed E-state index contributed by atoms with van der Waals surface area (Å²) in [6, 6.07) is 0. The predicted molar refractivity (Wildman–Crippen MR) is 40.5 cm³/mol. The van der Waals surface area contributed by atoms with E-state index in [2.05, 4.69) is 10.3 Å². The number of carbonyl (C=O) groups is 1. The smallest absolute Gasteiger partial charge is 0.245 e. The van der Waals surface area contributed by atoms with E-state index in [-0.39, 0.29) is 11.4 Å². The molecule has 1 fully saturated rings. The summed E-state index contributed by atoms with van der Waals surface area (Å²) in [7, 11) is 1.42. The molecule has 0 radical (unpaired) electrons. The number of hydroxylamine groups is 1. The van der Waals surface area contributed by atoms with Crippen LogP contribution in [0.3, 0.4) is 0 Å². The van der Waals surface area contributed by atoms with Crippen LogP contribution >= 0.6 is 0 Å². The van der Waals surface area contributed by atoms with Crippen molar-refractivity contribution in [1.82, 2.24) is 5.48 Å². The Morgan fingerprint density at radius 2 is 2.36 bits per heavy atom. The second-order valence-electron chi connectivity index (χ2n) is 3.12. The van der Waals surface area contributed by atoms with Gasteiger partial charge in [-0.25, -0.2) is 5.48 Å². The Morgan fingerprint density at radius 3 is 2.73 bits per heavy atom. The molecule has 0 aliphatic heterocycles. The maximum absolute atomic E-state index is 10.9. The molecule has 3 N–H and O–H groups in total. The minimum atomic E-state index is -0.247. The number of hydrogen-bond acceptors (Lipinski definition) is 3. The van der Waals surface area contributed by atoms with Crippen LogP contribution in [-0.2, 0) is 9.63 Å². The highest BCUT2D eigenvalue weighted by atomic mass is 16.6. The van der Waals surface area contributed by atoms with E-state index in [9.17, 15) is 4.79 Å². The average molecular weight is 158 g/mol. The summed E-state index contributed by atoms with van der Waals surface area (Å²) in [5.41, 5.74) is 7.82. The molecule has 1 amide bonds. The Labute approximate surface area is 66.0 Å². The lowest BCUT2D eigenvalue weighted by Gasteiger charge is -2.37. The van der Waals surface area contributed by atoms with Crippen molar-refractivity contribution in [2.24, 2.45) is 5.73 Å². The first-order valence-corrected chi connectivity index (χ1v) is 3.77. The van der Waals surface area contributed by atoms with Crippen molar-refractivity contribution in [3.8, 4) is 0 Å². The van der Waals surface area contributed by atoms with Crippen molar-refractivity contribution in [3.05, 3.63) is 0 Å². The molecular formula is C7H14N2O2. The Kier molecular flexibility index (Phi) is 2.46. The van der Waals surface area contributed by atoms with E-state index in [1.165, 1.54) is 7.11 Å².